The fraction of sp³-hybridized carbons (Fsp3) is 0. The summed E-state index contributed by atoms with van der Waals surface area (Å²) in [4.78, 5) is 0. The van der Waals surface area contributed by atoms with Crippen LogP contribution in [0.2, 0.25) is 0 Å². The van der Waals surface area contributed by atoms with Crippen LogP contribution in [0.1, 0.15) is 0 Å². The van der Waals surface area contributed by atoms with Crippen LogP contribution in [0.15, 0.2) is 0 Å². The molecule has 48 valence electrons. The van der Waals surface area contributed by atoms with Crippen molar-refractivity contribution >= 4 is 0 Å². The van der Waals surface area contributed by atoms with Gasteiger partial charge in [-0.3, -0.25) is 0 Å². The molecule has 0 bridgehead atoms. The van der Waals surface area contributed by atoms with E-state index in [0.29, 0.717) is 0 Å². The van der Waals surface area contributed by atoms with Crippen molar-refractivity contribution in [2.75, 3.05) is 0 Å². The van der Waals surface area contributed by atoms with Crippen LogP contribution in [-0.2, 0) is 22.4 Å². The summed E-state index contributed by atoms with van der Waals surface area (Å²) in [6.45, 7) is 0. The van der Waals surface area contributed by atoms with Gasteiger partial charge in [0.1, 0.15) is 0 Å². The molecule has 0 spiro atoms. The molecule has 0 aliphatic carbocycles. The zero-order valence-electron chi connectivity index (χ0n) is 4.13. The summed E-state index contributed by atoms with van der Waals surface area (Å²) < 4.78 is 0. The Bertz CT molecular complexity index is 8.49. The van der Waals surface area contributed by atoms with E-state index in [4.69, 9.17) is 0 Å². The molecule has 0 unspecified atom stereocenters. The average Bonchev–Trinajstić information content (AvgIpc) is 0. The van der Waals surface area contributed by atoms with Crippen LogP contribution < -0.4 is 18.9 Å². The molecule has 8 heteroatoms. The Labute approximate surface area is 74.2 Å². The van der Waals surface area contributed by atoms with Crippen molar-refractivity contribution in [1.29, 1.82) is 0 Å². The minimum Gasteiger partial charge on any atom is -0.870 e. The van der Waals surface area contributed by atoms with Gasteiger partial charge in [-0.1, -0.05) is 0 Å². The van der Waals surface area contributed by atoms with Gasteiger partial charge in [-0.15, -0.1) is 0 Å². The average molecular weight is 290 g/mol. The maximum absolute atomic E-state index is 0. The van der Waals surface area contributed by atoms with Gasteiger partial charge in [0, 0.05) is 0 Å². The van der Waals surface area contributed by atoms with Crippen molar-refractivity contribution in [3.05, 3.63) is 0 Å². The van der Waals surface area contributed by atoms with Crippen molar-refractivity contribution in [3.8, 4) is 0 Å². The van der Waals surface area contributed by atoms with Gasteiger partial charge in [0.2, 0.25) is 0 Å². The molecular formula is H6LiO6Ta. The van der Waals surface area contributed by atoms with Crippen LogP contribution in [-0.4, -0.2) is 32.9 Å². The zero-order chi connectivity index (χ0) is 0. The molecule has 6 nitrogen and oxygen atoms in total. The Hall–Kier alpha value is 1.10. The normalized spacial score (nSPS) is 0. The molecule has 0 saturated heterocycles. The zero-order valence-corrected chi connectivity index (χ0v) is 7.34. The number of hydrogen-bond donors (Lipinski definition) is 0. The molecule has 0 fully saturated rings. The topological polar surface area (TPSA) is 180 Å². The van der Waals surface area contributed by atoms with E-state index in [-0.39, 0.29) is 74.1 Å². The first-order valence-electron chi connectivity index (χ1n) is 0. The molecule has 0 heterocycles. The van der Waals surface area contributed by atoms with E-state index in [2.05, 4.69) is 0 Å². The summed E-state index contributed by atoms with van der Waals surface area (Å²) >= 11 is 0. The first-order valence-corrected chi connectivity index (χ1v) is 0. The number of rotatable bonds is 0. The van der Waals surface area contributed by atoms with Gasteiger partial charge >= 0.3 is 41.2 Å². The summed E-state index contributed by atoms with van der Waals surface area (Å²) in [5.74, 6) is 0. The van der Waals surface area contributed by atoms with Crippen LogP contribution in [0, 0.1) is 0 Å². The minimum absolute atomic E-state index is 0. The molecular weight excluding hydrogens is 284 g/mol. The van der Waals surface area contributed by atoms with Crippen LogP contribution in [0.25, 0.3) is 0 Å². The van der Waals surface area contributed by atoms with Crippen molar-refractivity contribution < 1.29 is 74.1 Å². The third kappa shape index (κ3) is 219. The second kappa shape index (κ2) is 339. The van der Waals surface area contributed by atoms with Crippen LogP contribution in [0.3, 0.4) is 0 Å². The molecule has 0 amide bonds. The second-order valence-corrected chi connectivity index (χ2v) is 0. The first kappa shape index (κ1) is 495. The third-order valence-electron chi connectivity index (χ3n) is 0. The summed E-state index contributed by atoms with van der Waals surface area (Å²) in [5, 5.41) is 0. The predicted octanol–water partition coefficient (Wildman–Crippen LogP) is -4.06. The van der Waals surface area contributed by atoms with E-state index in [1.54, 1.807) is 0 Å². The monoisotopic (exact) mass is 290 g/mol. The molecule has 0 radical (unpaired) electrons. The number of hydrogen-bond acceptors (Lipinski definition) is 6. The third-order valence-corrected chi connectivity index (χ3v) is 0. The van der Waals surface area contributed by atoms with Gasteiger partial charge in [-0.2, -0.15) is 0 Å². The largest absolute Gasteiger partial charge is 5.00 e. The maximum atomic E-state index is 0. The van der Waals surface area contributed by atoms with Gasteiger partial charge in [0.05, 0.1) is 0 Å². The van der Waals surface area contributed by atoms with Crippen LogP contribution >= 0.6 is 0 Å². The van der Waals surface area contributed by atoms with Crippen LogP contribution in [0.5, 0.6) is 0 Å². The second-order valence-electron chi connectivity index (χ2n) is 0. The Morgan fingerprint density at radius 3 is 0.375 bits per heavy atom. The van der Waals surface area contributed by atoms with Gasteiger partial charge in [0.15, 0.2) is 0 Å². The van der Waals surface area contributed by atoms with Crippen molar-refractivity contribution in [2.45, 2.75) is 0 Å². The Morgan fingerprint density at radius 2 is 0.375 bits per heavy atom. The van der Waals surface area contributed by atoms with Gasteiger partial charge < -0.3 is 32.9 Å². The van der Waals surface area contributed by atoms with Gasteiger partial charge in [-0.25, -0.2) is 0 Å². The van der Waals surface area contributed by atoms with Crippen molar-refractivity contribution in [2.24, 2.45) is 0 Å². The van der Waals surface area contributed by atoms with Crippen molar-refractivity contribution in [1.82, 2.24) is 0 Å². The molecule has 0 aliphatic rings. The fourth-order valence-corrected chi connectivity index (χ4v) is 0. The van der Waals surface area contributed by atoms with E-state index in [1.807, 2.05) is 0 Å². The van der Waals surface area contributed by atoms with Gasteiger partial charge in [0.25, 0.3) is 0 Å². The molecule has 0 aromatic carbocycles. The maximum Gasteiger partial charge on any atom is 5.00 e. The Morgan fingerprint density at radius 1 is 0.375 bits per heavy atom. The predicted molar refractivity (Wildman–Crippen MR) is 11.6 cm³/mol. The fourth-order valence-electron chi connectivity index (χ4n) is 0. The molecule has 0 saturated carbocycles. The van der Waals surface area contributed by atoms with E-state index < -0.39 is 0 Å². The molecule has 0 rings (SSSR count). The summed E-state index contributed by atoms with van der Waals surface area (Å²) in [5.41, 5.74) is 0. The SMILES string of the molecule is [Li+].[OH-].[OH-].[OH-].[OH-].[OH-].[OH-].[Ta+5]. The van der Waals surface area contributed by atoms with Crippen LogP contribution in [0.4, 0.5) is 0 Å². The molecule has 0 aromatic heterocycles. The minimum atomic E-state index is 0. The first-order chi connectivity index (χ1) is 0. The molecule has 0 atom stereocenters. The van der Waals surface area contributed by atoms with Crippen molar-refractivity contribution in [3.63, 3.8) is 0 Å². The molecule has 0 aromatic rings. The van der Waals surface area contributed by atoms with E-state index >= 15 is 0 Å². The smallest absolute Gasteiger partial charge is 0.870 e. The summed E-state index contributed by atoms with van der Waals surface area (Å²) in [6, 6.07) is 0. The summed E-state index contributed by atoms with van der Waals surface area (Å²) in [7, 11) is 0. The standard InChI is InChI=1S/Li.6H2O.Ta/h;6*1H2;/q+1;;;;;;;+5/p-6. The quantitative estimate of drug-likeness (QED) is 0.409. The van der Waals surface area contributed by atoms with Gasteiger partial charge in [-0.05, 0) is 0 Å². The molecule has 8 heavy (non-hydrogen) atoms. The summed E-state index contributed by atoms with van der Waals surface area (Å²) in [6.07, 6.45) is 0. The molecule has 6 N–H and O–H groups in total. The Kier molecular flexibility index (Phi) is 21000. The van der Waals surface area contributed by atoms with E-state index in [9.17, 15) is 0 Å². The molecule has 0 aliphatic heterocycles. The Balaban J connectivity index is 0. The van der Waals surface area contributed by atoms with E-state index in [1.165, 1.54) is 0 Å². The van der Waals surface area contributed by atoms with E-state index in [0.717, 1.165) is 0 Å².